The van der Waals surface area contributed by atoms with Gasteiger partial charge in [-0.05, 0) is 61.2 Å². The average Bonchev–Trinajstić information content (AvgIpc) is 3.54. The molecule has 0 saturated carbocycles. The maximum atomic E-state index is 13.9. The predicted molar refractivity (Wildman–Crippen MR) is 172 cm³/mol. The molecule has 1 unspecified atom stereocenters. The lowest BCUT2D eigenvalue weighted by Gasteiger charge is -2.41. The van der Waals surface area contributed by atoms with E-state index in [0.29, 0.717) is 48.2 Å². The lowest BCUT2D eigenvalue weighted by atomic mass is 9.94. The Balaban J connectivity index is 1.11. The van der Waals surface area contributed by atoms with Gasteiger partial charge in [0.25, 0.3) is 0 Å². The first kappa shape index (κ1) is 30.3. The Labute approximate surface area is 265 Å². The monoisotopic (exact) mass is 619 g/mol. The molecular weight excluding hydrogens is 579 g/mol. The number of allylic oxidation sites excluding steroid dienone is 4. The van der Waals surface area contributed by atoms with Crippen LogP contribution in [-0.2, 0) is 11.3 Å². The highest BCUT2D eigenvalue weighted by Gasteiger charge is 2.44. The summed E-state index contributed by atoms with van der Waals surface area (Å²) in [5.74, 6) is 0.154. The van der Waals surface area contributed by atoms with E-state index in [4.69, 9.17) is 23.2 Å². The third kappa shape index (κ3) is 6.84. The zero-order chi connectivity index (χ0) is 30.1. The minimum absolute atomic E-state index is 0.0906. The third-order valence-electron chi connectivity index (χ3n) is 9.55. The Morgan fingerprint density at radius 1 is 0.907 bits per heavy atom. The van der Waals surface area contributed by atoms with Gasteiger partial charge in [0.2, 0.25) is 5.91 Å². The molecule has 226 valence electrons. The van der Waals surface area contributed by atoms with Crippen LogP contribution < -0.4 is 4.90 Å². The van der Waals surface area contributed by atoms with Crippen molar-refractivity contribution in [3.63, 3.8) is 0 Å². The number of benzene rings is 2. The van der Waals surface area contributed by atoms with Gasteiger partial charge < -0.3 is 4.90 Å². The second-order valence-corrected chi connectivity index (χ2v) is 13.4. The Morgan fingerprint density at radius 2 is 1.56 bits per heavy atom. The van der Waals surface area contributed by atoms with Crippen LogP contribution in [0.25, 0.3) is 0 Å². The van der Waals surface area contributed by atoms with Crippen molar-refractivity contribution in [3.05, 3.63) is 105 Å². The van der Waals surface area contributed by atoms with E-state index in [2.05, 4.69) is 46.2 Å². The van der Waals surface area contributed by atoms with Gasteiger partial charge in [-0.1, -0.05) is 71.8 Å². The van der Waals surface area contributed by atoms with E-state index >= 15 is 0 Å². The van der Waals surface area contributed by atoms with Crippen LogP contribution in [0.3, 0.4) is 0 Å². The molecule has 1 aliphatic carbocycles. The molecule has 1 N–H and O–H groups in total. The zero-order valence-electron chi connectivity index (χ0n) is 25.0. The largest absolute Gasteiger partial charge is 0.344 e. The van der Waals surface area contributed by atoms with E-state index in [1.54, 1.807) is 0 Å². The highest BCUT2D eigenvalue weighted by atomic mass is 35.5. The van der Waals surface area contributed by atoms with E-state index < -0.39 is 0 Å². The topological polar surface area (TPSA) is 48.3 Å². The van der Waals surface area contributed by atoms with Crippen LogP contribution in [-0.4, -0.2) is 83.9 Å². The standard InChI is InChI=1S/C35H40Cl2N4O2/c1-24-16-25(2)18-28(17-24)35(43)39-14-15-41(33(23-39)27-8-10-31(36)32(37)11-9-27)34(42)12-13-38-21-30-19-29(38)22-40(30)20-26-6-4-3-5-7-26/h3-11,16-18,27,29-30,33H,12-15,19-23H2,1-2H3/p+1/t29-,30-,33-/m0/s1. The Hall–Kier alpha value is -2.74. The molecule has 43 heavy (non-hydrogen) atoms. The van der Waals surface area contributed by atoms with Crippen molar-refractivity contribution in [1.82, 2.24) is 14.7 Å². The molecule has 6 rings (SSSR count). The van der Waals surface area contributed by atoms with Crippen molar-refractivity contribution in [2.45, 2.75) is 51.4 Å². The summed E-state index contributed by atoms with van der Waals surface area (Å²) in [4.78, 5) is 35.5. The number of hydrogen-bond donors (Lipinski definition) is 1. The highest BCUT2D eigenvalue weighted by Crippen LogP contribution is 2.32. The fourth-order valence-electron chi connectivity index (χ4n) is 7.43. The molecule has 3 fully saturated rings. The van der Waals surface area contributed by atoms with E-state index in [0.717, 1.165) is 47.8 Å². The van der Waals surface area contributed by atoms with Gasteiger partial charge in [-0.15, -0.1) is 0 Å². The minimum Gasteiger partial charge on any atom is -0.327 e. The first-order valence-corrected chi connectivity index (χ1v) is 16.2. The highest BCUT2D eigenvalue weighted by molar-refractivity contribution is 6.41. The van der Waals surface area contributed by atoms with Crippen LogP contribution in [0.1, 0.15) is 39.9 Å². The smallest absolute Gasteiger partial charge is 0.327 e. The summed E-state index contributed by atoms with van der Waals surface area (Å²) in [5, 5.41) is 0.963. The van der Waals surface area contributed by atoms with Gasteiger partial charge in [0.15, 0.2) is 0 Å². The normalized spacial score (nSPS) is 26.4. The summed E-state index contributed by atoms with van der Waals surface area (Å²) in [6.45, 7) is 9.56. The number of nitrogens with one attached hydrogen (secondary N) is 1. The molecule has 2 bridgehead atoms. The zero-order valence-corrected chi connectivity index (χ0v) is 26.5. The number of carbonyl (C=O) groups is 2. The first-order valence-electron chi connectivity index (χ1n) is 15.5. The number of rotatable bonds is 7. The fourth-order valence-corrected chi connectivity index (χ4v) is 7.70. The molecule has 3 aliphatic heterocycles. The van der Waals surface area contributed by atoms with Crippen molar-refractivity contribution in [3.8, 4) is 0 Å². The fraction of sp³-hybridized carbons (Fsp3) is 0.429. The van der Waals surface area contributed by atoms with Crippen LogP contribution in [0.5, 0.6) is 0 Å². The molecule has 3 saturated heterocycles. The van der Waals surface area contributed by atoms with Crippen LogP contribution in [0.15, 0.2) is 82.9 Å². The predicted octanol–water partition coefficient (Wildman–Crippen LogP) is 4.32. The summed E-state index contributed by atoms with van der Waals surface area (Å²) in [7, 11) is 0. The molecule has 8 heteroatoms. The molecule has 3 heterocycles. The Kier molecular flexibility index (Phi) is 9.22. The molecule has 4 atom stereocenters. The van der Waals surface area contributed by atoms with E-state index in [1.807, 2.05) is 55.2 Å². The molecule has 2 aromatic rings. The average molecular weight is 621 g/mol. The van der Waals surface area contributed by atoms with Gasteiger partial charge in [-0.2, -0.15) is 0 Å². The maximum absolute atomic E-state index is 13.9. The third-order valence-corrected chi connectivity index (χ3v) is 10.3. The summed E-state index contributed by atoms with van der Waals surface area (Å²) in [6, 6.07) is 17.6. The molecule has 2 aromatic carbocycles. The number of carbonyl (C=O) groups excluding carboxylic acids is 2. The van der Waals surface area contributed by atoms with Crippen molar-refractivity contribution in [2.24, 2.45) is 5.92 Å². The minimum atomic E-state index is -0.165. The molecule has 0 radical (unpaired) electrons. The van der Waals surface area contributed by atoms with Crippen LogP contribution in [0.4, 0.5) is 0 Å². The second kappa shape index (κ2) is 13.1. The van der Waals surface area contributed by atoms with Gasteiger partial charge in [0, 0.05) is 50.6 Å². The summed E-state index contributed by atoms with van der Waals surface area (Å²) in [5.41, 5.74) is 4.25. The molecule has 0 spiro atoms. The van der Waals surface area contributed by atoms with Crippen LogP contribution in [0, 0.1) is 19.8 Å². The van der Waals surface area contributed by atoms with Crippen molar-refractivity contribution >= 4 is 35.0 Å². The number of piperazine rings is 2. The number of hydrogen-bond acceptors (Lipinski definition) is 4. The molecule has 6 nitrogen and oxygen atoms in total. The van der Waals surface area contributed by atoms with Crippen LogP contribution in [0.2, 0.25) is 0 Å². The summed E-state index contributed by atoms with van der Waals surface area (Å²) in [6.07, 6.45) is 9.34. The van der Waals surface area contributed by atoms with Gasteiger partial charge in [0.05, 0.1) is 28.2 Å². The quantitative estimate of drug-likeness (QED) is 0.502. The molecule has 0 aromatic heterocycles. The lowest BCUT2D eigenvalue weighted by molar-refractivity contribution is -0.823. The number of quaternary nitrogens is 1. The number of amides is 2. The van der Waals surface area contributed by atoms with E-state index in [1.165, 1.54) is 12.0 Å². The molecule has 4 aliphatic rings. The SMILES string of the molecule is Cc1cc(C)cc(C(=O)[NH+]2CCN(C(=O)CCN3C[C@@H]4C[C@H]3CN4Cc3ccccc3)[C@H](C3C=CC(Cl)=C(Cl)C=C3)C2)c1. The Bertz CT molecular complexity index is 1410. The Morgan fingerprint density at radius 3 is 2.21 bits per heavy atom. The lowest BCUT2D eigenvalue weighted by Crippen LogP contribution is -3.18. The number of halogens is 2. The molecular formula is C35H41Cl2N4O2+. The van der Waals surface area contributed by atoms with Crippen LogP contribution >= 0.6 is 23.2 Å². The maximum Gasteiger partial charge on any atom is 0.344 e. The number of aryl methyl sites for hydroxylation is 2. The number of nitrogens with zero attached hydrogens (tertiary/aromatic N) is 3. The van der Waals surface area contributed by atoms with E-state index in [-0.39, 0.29) is 23.8 Å². The van der Waals surface area contributed by atoms with Crippen molar-refractivity contribution < 1.29 is 14.5 Å². The van der Waals surface area contributed by atoms with Gasteiger partial charge in [-0.3, -0.25) is 19.5 Å². The first-order chi connectivity index (χ1) is 20.7. The van der Waals surface area contributed by atoms with Crippen molar-refractivity contribution in [2.75, 3.05) is 39.3 Å². The van der Waals surface area contributed by atoms with Gasteiger partial charge in [-0.25, -0.2) is 4.79 Å². The van der Waals surface area contributed by atoms with E-state index in [9.17, 15) is 9.59 Å². The summed E-state index contributed by atoms with van der Waals surface area (Å²) >= 11 is 12.7. The molecule has 2 amide bonds. The number of likely N-dealkylation sites (tertiary alicyclic amines) is 2. The van der Waals surface area contributed by atoms with Gasteiger partial charge >= 0.3 is 5.91 Å². The summed E-state index contributed by atoms with van der Waals surface area (Å²) < 4.78 is 0. The van der Waals surface area contributed by atoms with Crippen molar-refractivity contribution in [1.29, 1.82) is 0 Å². The second-order valence-electron chi connectivity index (χ2n) is 12.6. The van der Waals surface area contributed by atoms with Gasteiger partial charge in [0.1, 0.15) is 13.1 Å². The number of fused-ring (bicyclic) bond motifs is 2.